The molecular formula is C21H28ClN5O. The molecule has 28 heavy (non-hydrogen) atoms. The number of hydrogen-bond donors (Lipinski definition) is 2. The van der Waals surface area contributed by atoms with Gasteiger partial charge in [-0.3, -0.25) is 4.79 Å². The minimum Gasteiger partial charge on any atom is -0.362 e. The van der Waals surface area contributed by atoms with Crippen LogP contribution in [0.3, 0.4) is 0 Å². The zero-order chi connectivity index (χ0) is 20.1. The van der Waals surface area contributed by atoms with Gasteiger partial charge >= 0.3 is 0 Å². The quantitative estimate of drug-likeness (QED) is 0.768. The van der Waals surface area contributed by atoms with Gasteiger partial charge in [0, 0.05) is 38.4 Å². The molecule has 150 valence electrons. The van der Waals surface area contributed by atoms with Crippen molar-refractivity contribution in [3.8, 4) is 0 Å². The Bertz CT molecular complexity index is 818. The van der Waals surface area contributed by atoms with Crippen molar-refractivity contribution in [2.24, 2.45) is 5.92 Å². The highest BCUT2D eigenvalue weighted by atomic mass is 35.5. The summed E-state index contributed by atoms with van der Waals surface area (Å²) in [6.45, 7) is 2.86. The zero-order valence-electron chi connectivity index (χ0n) is 16.7. The number of benzene rings is 1. The van der Waals surface area contributed by atoms with Crippen molar-refractivity contribution in [3.05, 3.63) is 46.6 Å². The number of halogens is 1. The first-order chi connectivity index (χ1) is 13.4. The van der Waals surface area contributed by atoms with Crippen LogP contribution in [0.5, 0.6) is 0 Å². The summed E-state index contributed by atoms with van der Waals surface area (Å²) >= 11 is 6.12. The molecule has 6 nitrogen and oxygen atoms in total. The monoisotopic (exact) mass is 401 g/mol. The van der Waals surface area contributed by atoms with Gasteiger partial charge in [0.25, 0.3) is 5.91 Å². The number of aromatic nitrogens is 2. The number of amides is 1. The van der Waals surface area contributed by atoms with Crippen LogP contribution >= 0.6 is 11.6 Å². The Kier molecular flexibility index (Phi) is 6.73. The fourth-order valence-corrected chi connectivity index (χ4v) is 3.85. The molecule has 0 saturated heterocycles. The summed E-state index contributed by atoms with van der Waals surface area (Å²) in [6, 6.07) is 7.37. The summed E-state index contributed by atoms with van der Waals surface area (Å²) in [7, 11) is 3.97. The molecule has 2 N–H and O–H groups in total. The van der Waals surface area contributed by atoms with Crippen molar-refractivity contribution in [2.45, 2.75) is 38.6 Å². The maximum Gasteiger partial charge on any atom is 0.253 e. The van der Waals surface area contributed by atoms with Crippen LogP contribution in [-0.2, 0) is 0 Å². The first-order valence-corrected chi connectivity index (χ1v) is 10.1. The zero-order valence-corrected chi connectivity index (χ0v) is 17.5. The van der Waals surface area contributed by atoms with Crippen LogP contribution in [0.2, 0.25) is 5.02 Å². The Hall–Kier alpha value is -2.34. The molecule has 0 atom stereocenters. The predicted octanol–water partition coefficient (Wildman–Crippen LogP) is 3.91. The number of anilines is 2. The van der Waals surface area contributed by atoms with Gasteiger partial charge in [0.15, 0.2) is 0 Å². The molecule has 0 bridgehead atoms. The first-order valence-electron chi connectivity index (χ1n) is 9.74. The fourth-order valence-electron chi connectivity index (χ4n) is 3.63. The maximum atomic E-state index is 12.4. The molecule has 1 saturated carbocycles. The lowest BCUT2D eigenvalue weighted by molar-refractivity contribution is 0.0923. The number of nitrogens with one attached hydrogen (secondary N) is 2. The molecule has 1 amide bonds. The Morgan fingerprint density at radius 1 is 1.21 bits per heavy atom. The number of carbonyl (C=O) groups is 1. The average Bonchev–Trinajstić information content (AvgIpc) is 2.68. The van der Waals surface area contributed by atoms with Crippen LogP contribution in [0.25, 0.3) is 0 Å². The molecule has 2 aromatic rings. The Morgan fingerprint density at radius 3 is 2.61 bits per heavy atom. The van der Waals surface area contributed by atoms with Crippen LogP contribution in [0, 0.1) is 12.8 Å². The number of carbonyl (C=O) groups excluding carboxylic acids is 1. The van der Waals surface area contributed by atoms with Crippen molar-refractivity contribution < 1.29 is 4.79 Å². The molecule has 0 aliphatic heterocycles. The standard InChI is InChI=1S/C21H28ClN5O/c1-14-12-23-21(26-19(14)27(2)3)24-13-15-8-10-16(11-9-15)25-20(28)17-6-4-5-7-18(17)22/h4-7,12,15-16H,8-11,13H2,1-3H3,(H,25,28)(H,23,24,26). The van der Waals surface area contributed by atoms with E-state index in [1.54, 1.807) is 12.1 Å². The van der Waals surface area contributed by atoms with Crippen LogP contribution < -0.4 is 15.5 Å². The molecule has 0 radical (unpaired) electrons. The van der Waals surface area contributed by atoms with E-state index in [0.29, 0.717) is 22.5 Å². The largest absolute Gasteiger partial charge is 0.362 e. The SMILES string of the molecule is Cc1cnc(NCC2CCC(NC(=O)c3ccccc3Cl)CC2)nc1N(C)C. The van der Waals surface area contributed by atoms with Crippen LogP contribution in [-0.4, -0.2) is 42.6 Å². The fraction of sp³-hybridized carbons (Fsp3) is 0.476. The highest BCUT2D eigenvalue weighted by Gasteiger charge is 2.23. The molecule has 0 spiro atoms. The summed E-state index contributed by atoms with van der Waals surface area (Å²) in [5, 5.41) is 6.99. The molecule has 1 fully saturated rings. The highest BCUT2D eigenvalue weighted by Crippen LogP contribution is 2.25. The smallest absolute Gasteiger partial charge is 0.253 e. The third-order valence-corrected chi connectivity index (χ3v) is 5.55. The lowest BCUT2D eigenvalue weighted by atomic mass is 9.86. The maximum absolute atomic E-state index is 12.4. The van der Waals surface area contributed by atoms with E-state index in [1.807, 2.05) is 44.2 Å². The lowest BCUT2D eigenvalue weighted by Crippen LogP contribution is -2.38. The molecule has 0 unspecified atom stereocenters. The molecule has 1 heterocycles. The van der Waals surface area contributed by atoms with Crippen molar-refractivity contribution >= 4 is 29.3 Å². The average molecular weight is 402 g/mol. The van der Waals surface area contributed by atoms with E-state index in [9.17, 15) is 4.79 Å². The highest BCUT2D eigenvalue weighted by molar-refractivity contribution is 6.33. The number of nitrogens with zero attached hydrogens (tertiary/aromatic N) is 3. The molecule has 1 aliphatic rings. The van der Waals surface area contributed by atoms with Gasteiger partial charge in [-0.25, -0.2) is 4.98 Å². The van der Waals surface area contributed by atoms with Crippen molar-refractivity contribution in [2.75, 3.05) is 30.9 Å². The van der Waals surface area contributed by atoms with Crippen molar-refractivity contribution in [1.82, 2.24) is 15.3 Å². The van der Waals surface area contributed by atoms with Gasteiger partial charge in [-0.2, -0.15) is 4.98 Å². The second-order valence-corrected chi connectivity index (χ2v) is 8.05. The van der Waals surface area contributed by atoms with Gasteiger partial charge in [0.2, 0.25) is 5.95 Å². The minimum atomic E-state index is -0.0866. The van der Waals surface area contributed by atoms with Crippen LogP contribution in [0.1, 0.15) is 41.6 Å². The number of hydrogen-bond acceptors (Lipinski definition) is 5. The lowest BCUT2D eigenvalue weighted by Gasteiger charge is -2.29. The normalized spacial score (nSPS) is 19.1. The topological polar surface area (TPSA) is 70.1 Å². The molecule has 3 rings (SSSR count). The second kappa shape index (κ2) is 9.24. The molecule has 1 aromatic heterocycles. The van der Waals surface area contributed by atoms with Crippen molar-refractivity contribution in [1.29, 1.82) is 0 Å². The summed E-state index contributed by atoms with van der Waals surface area (Å²) in [5.74, 6) is 2.07. The summed E-state index contributed by atoms with van der Waals surface area (Å²) < 4.78 is 0. The Labute approximate surface area is 171 Å². The molecule has 1 aromatic carbocycles. The van der Waals surface area contributed by atoms with Gasteiger partial charge in [0.05, 0.1) is 10.6 Å². The van der Waals surface area contributed by atoms with E-state index in [-0.39, 0.29) is 11.9 Å². The summed E-state index contributed by atoms with van der Waals surface area (Å²) in [6.07, 6.45) is 5.92. The van der Waals surface area contributed by atoms with E-state index in [0.717, 1.165) is 43.6 Å². The van der Waals surface area contributed by atoms with E-state index in [4.69, 9.17) is 11.6 Å². The van der Waals surface area contributed by atoms with E-state index in [1.165, 1.54) is 0 Å². The van der Waals surface area contributed by atoms with E-state index < -0.39 is 0 Å². The van der Waals surface area contributed by atoms with Crippen LogP contribution in [0.15, 0.2) is 30.5 Å². The van der Waals surface area contributed by atoms with Gasteiger partial charge in [-0.05, 0) is 50.7 Å². The van der Waals surface area contributed by atoms with Gasteiger partial charge < -0.3 is 15.5 Å². The minimum absolute atomic E-state index is 0.0866. The van der Waals surface area contributed by atoms with Crippen LogP contribution in [0.4, 0.5) is 11.8 Å². The van der Waals surface area contributed by atoms with Crippen molar-refractivity contribution in [3.63, 3.8) is 0 Å². The van der Waals surface area contributed by atoms with E-state index in [2.05, 4.69) is 20.6 Å². The number of rotatable bonds is 6. The molecule has 1 aliphatic carbocycles. The Balaban J connectivity index is 1.46. The third-order valence-electron chi connectivity index (χ3n) is 5.22. The second-order valence-electron chi connectivity index (χ2n) is 7.65. The Morgan fingerprint density at radius 2 is 1.93 bits per heavy atom. The van der Waals surface area contributed by atoms with Gasteiger partial charge in [0.1, 0.15) is 5.82 Å². The summed E-state index contributed by atoms with van der Waals surface area (Å²) in [4.78, 5) is 23.4. The predicted molar refractivity (Wildman–Crippen MR) is 114 cm³/mol. The first kappa shape index (κ1) is 20.4. The van der Waals surface area contributed by atoms with Gasteiger partial charge in [-0.1, -0.05) is 23.7 Å². The van der Waals surface area contributed by atoms with Gasteiger partial charge in [-0.15, -0.1) is 0 Å². The third kappa shape index (κ3) is 5.13. The molecular weight excluding hydrogens is 374 g/mol. The summed E-state index contributed by atoms with van der Waals surface area (Å²) in [5.41, 5.74) is 1.60. The number of aryl methyl sites for hydroxylation is 1. The van der Waals surface area contributed by atoms with E-state index >= 15 is 0 Å². The molecule has 7 heteroatoms.